The van der Waals surface area contributed by atoms with Gasteiger partial charge >= 0.3 is 0 Å². The molecule has 3 heteroatoms. The molecule has 1 N–H and O–H groups in total. The molecule has 0 saturated carbocycles. The molecule has 2 heterocycles. The average Bonchev–Trinajstić information content (AvgIpc) is 2.94. The predicted octanol–water partition coefficient (Wildman–Crippen LogP) is 4.16. The molecule has 120 valence electrons. The molecule has 1 fully saturated rings. The lowest BCUT2D eigenvalue weighted by atomic mass is 9.92. The van der Waals surface area contributed by atoms with Crippen LogP contribution in [0.1, 0.15) is 50.8 Å². The van der Waals surface area contributed by atoms with Crippen molar-refractivity contribution in [2.24, 2.45) is 11.8 Å². The average molecular weight is 309 g/mol. The van der Waals surface area contributed by atoms with Crippen LogP contribution in [0.3, 0.4) is 0 Å². The number of hydrogen-bond donors (Lipinski definition) is 1. The van der Waals surface area contributed by atoms with Gasteiger partial charge in [0.15, 0.2) is 0 Å². The highest BCUT2D eigenvalue weighted by Crippen LogP contribution is 2.25. The van der Waals surface area contributed by atoms with Crippen molar-refractivity contribution in [3.63, 3.8) is 0 Å². The van der Waals surface area contributed by atoms with Crippen LogP contribution in [-0.4, -0.2) is 30.1 Å². The predicted molar refractivity (Wildman–Crippen MR) is 94.0 cm³/mol. The summed E-state index contributed by atoms with van der Waals surface area (Å²) in [4.78, 5) is 5.78. The summed E-state index contributed by atoms with van der Waals surface area (Å²) >= 11 is 2.00. The normalized spacial score (nSPS) is 25.4. The molecule has 0 radical (unpaired) electrons. The summed E-state index contributed by atoms with van der Waals surface area (Å²) in [5.41, 5.74) is 0. The molecule has 1 aliphatic rings. The monoisotopic (exact) mass is 308 g/mol. The number of hydrogen-bond acceptors (Lipinski definition) is 3. The van der Waals surface area contributed by atoms with Crippen molar-refractivity contribution >= 4 is 11.3 Å². The Morgan fingerprint density at radius 1 is 1.24 bits per heavy atom. The maximum absolute atomic E-state index is 3.78. The fourth-order valence-corrected chi connectivity index (χ4v) is 4.20. The van der Waals surface area contributed by atoms with Crippen LogP contribution in [0.15, 0.2) is 12.1 Å². The molecular formula is C18H32N2S. The quantitative estimate of drug-likeness (QED) is 0.849. The molecular weight excluding hydrogens is 276 g/mol. The van der Waals surface area contributed by atoms with Gasteiger partial charge in [-0.1, -0.05) is 41.0 Å². The van der Waals surface area contributed by atoms with Gasteiger partial charge in [-0.3, -0.25) is 4.90 Å². The van der Waals surface area contributed by atoms with E-state index in [0.717, 1.165) is 25.4 Å². The van der Waals surface area contributed by atoms with Crippen LogP contribution in [0.2, 0.25) is 0 Å². The molecule has 0 amide bonds. The van der Waals surface area contributed by atoms with E-state index in [2.05, 4.69) is 57.0 Å². The zero-order chi connectivity index (χ0) is 15.4. The fourth-order valence-electron chi connectivity index (χ4n) is 3.21. The molecule has 1 aromatic heterocycles. The first-order chi connectivity index (χ1) is 10.0. The summed E-state index contributed by atoms with van der Waals surface area (Å²) in [6, 6.07) is 5.96. The molecule has 0 aliphatic carbocycles. The number of nitrogens with one attached hydrogen (secondary N) is 1. The summed E-state index contributed by atoms with van der Waals surface area (Å²) in [5, 5.41) is 3.78. The molecule has 3 unspecified atom stereocenters. The van der Waals surface area contributed by atoms with Crippen molar-refractivity contribution in [3.8, 4) is 0 Å². The standard InChI is InChI=1S/C18H32N2S/c1-6-14(5)18-10-19-17(13(3)4)12-20(18)11-16-9-8-15(7-2)21-16/h8-9,13-14,17-19H,6-7,10-12H2,1-5H3. The SMILES string of the molecule is CCc1ccc(CN2CC(C(C)C)NCC2C(C)CC)s1. The van der Waals surface area contributed by atoms with Gasteiger partial charge in [0.1, 0.15) is 0 Å². The Morgan fingerprint density at radius 3 is 2.52 bits per heavy atom. The lowest BCUT2D eigenvalue weighted by Gasteiger charge is -2.44. The van der Waals surface area contributed by atoms with E-state index in [1.807, 2.05) is 11.3 Å². The van der Waals surface area contributed by atoms with Crippen LogP contribution in [-0.2, 0) is 13.0 Å². The third-order valence-corrected chi connectivity index (χ3v) is 6.23. The second-order valence-electron chi connectivity index (χ2n) is 6.86. The van der Waals surface area contributed by atoms with Gasteiger partial charge < -0.3 is 5.32 Å². The maximum atomic E-state index is 3.78. The van der Waals surface area contributed by atoms with Gasteiger partial charge in [0, 0.05) is 41.5 Å². The summed E-state index contributed by atoms with van der Waals surface area (Å²) < 4.78 is 0. The van der Waals surface area contributed by atoms with Gasteiger partial charge in [-0.05, 0) is 30.4 Å². The van der Waals surface area contributed by atoms with E-state index in [4.69, 9.17) is 0 Å². The number of rotatable bonds is 6. The van der Waals surface area contributed by atoms with Gasteiger partial charge in [0.05, 0.1) is 0 Å². The van der Waals surface area contributed by atoms with Gasteiger partial charge in [-0.15, -0.1) is 11.3 Å². The molecule has 2 nitrogen and oxygen atoms in total. The first-order valence-electron chi connectivity index (χ1n) is 8.60. The number of thiophene rings is 1. The van der Waals surface area contributed by atoms with Crippen LogP contribution < -0.4 is 5.32 Å². The van der Waals surface area contributed by atoms with E-state index in [0.29, 0.717) is 18.0 Å². The Labute approximate surface area is 134 Å². The number of aryl methyl sites for hydroxylation is 1. The third-order valence-electron chi connectivity index (χ3n) is 5.02. The zero-order valence-corrected chi connectivity index (χ0v) is 15.2. The van der Waals surface area contributed by atoms with Crippen molar-refractivity contribution in [1.29, 1.82) is 0 Å². The minimum Gasteiger partial charge on any atom is -0.311 e. The van der Waals surface area contributed by atoms with Gasteiger partial charge in [0.2, 0.25) is 0 Å². The largest absolute Gasteiger partial charge is 0.311 e. The third kappa shape index (κ3) is 4.30. The summed E-state index contributed by atoms with van der Waals surface area (Å²) in [7, 11) is 0. The van der Waals surface area contributed by atoms with Crippen molar-refractivity contribution in [2.75, 3.05) is 13.1 Å². The Bertz CT molecular complexity index is 427. The van der Waals surface area contributed by atoms with Crippen LogP contribution in [0.4, 0.5) is 0 Å². The van der Waals surface area contributed by atoms with E-state index < -0.39 is 0 Å². The summed E-state index contributed by atoms with van der Waals surface area (Å²) in [6.07, 6.45) is 2.43. The van der Waals surface area contributed by atoms with Crippen molar-refractivity contribution in [3.05, 3.63) is 21.9 Å². The fraction of sp³-hybridized carbons (Fsp3) is 0.778. The topological polar surface area (TPSA) is 15.3 Å². The van der Waals surface area contributed by atoms with Gasteiger partial charge in [-0.25, -0.2) is 0 Å². The van der Waals surface area contributed by atoms with Crippen molar-refractivity contribution in [1.82, 2.24) is 10.2 Å². The first kappa shape index (κ1) is 17.0. The zero-order valence-electron chi connectivity index (χ0n) is 14.4. The van der Waals surface area contributed by atoms with Gasteiger partial charge in [0.25, 0.3) is 0 Å². The Kier molecular flexibility index (Phi) is 6.27. The lowest BCUT2D eigenvalue weighted by molar-refractivity contribution is 0.0731. The molecule has 1 aromatic rings. The summed E-state index contributed by atoms with van der Waals surface area (Å²) in [6.45, 7) is 15.1. The van der Waals surface area contributed by atoms with Crippen molar-refractivity contribution in [2.45, 2.75) is 66.1 Å². The minimum atomic E-state index is 0.635. The number of nitrogens with zero attached hydrogens (tertiary/aromatic N) is 1. The molecule has 0 spiro atoms. The Morgan fingerprint density at radius 2 is 1.95 bits per heavy atom. The van der Waals surface area contributed by atoms with E-state index >= 15 is 0 Å². The first-order valence-corrected chi connectivity index (χ1v) is 9.41. The van der Waals surface area contributed by atoms with Crippen LogP contribution in [0.5, 0.6) is 0 Å². The van der Waals surface area contributed by atoms with E-state index in [9.17, 15) is 0 Å². The summed E-state index contributed by atoms with van der Waals surface area (Å²) in [5.74, 6) is 1.47. The number of piperazine rings is 1. The molecule has 0 aromatic carbocycles. The smallest absolute Gasteiger partial charge is 0.0332 e. The highest BCUT2D eigenvalue weighted by Gasteiger charge is 2.32. The highest BCUT2D eigenvalue weighted by molar-refractivity contribution is 7.11. The highest BCUT2D eigenvalue weighted by atomic mass is 32.1. The van der Waals surface area contributed by atoms with E-state index in [-0.39, 0.29) is 0 Å². The molecule has 21 heavy (non-hydrogen) atoms. The van der Waals surface area contributed by atoms with E-state index in [1.54, 1.807) is 0 Å². The van der Waals surface area contributed by atoms with Gasteiger partial charge in [-0.2, -0.15) is 0 Å². The molecule has 2 rings (SSSR count). The molecule has 1 saturated heterocycles. The minimum absolute atomic E-state index is 0.635. The second-order valence-corrected chi connectivity index (χ2v) is 8.12. The van der Waals surface area contributed by atoms with Crippen LogP contribution >= 0.6 is 11.3 Å². The maximum Gasteiger partial charge on any atom is 0.0332 e. The van der Waals surface area contributed by atoms with E-state index in [1.165, 1.54) is 22.7 Å². The van der Waals surface area contributed by atoms with Crippen LogP contribution in [0.25, 0.3) is 0 Å². The second kappa shape index (κ2) is 7.75. The van der Waals surface area contributed by atoms with Crippen molar-refractivity contribution < 1.29 is 0 Å². The molecule has 1 aliphatic heterocycles. The van der Waals surface area contributed by atoms with Crippen LogP contribution in [0, 0.1) is 11.8 Å². The Balaban J connectivity index is 2.08. The molecule has 3 atom stereocenters. The lowest BCUT2D eigenvalue weighted by Crippen LogP contribution is -2.59. The Hall–Kier alpha value is -0.380. The molecule has 0 bridgehead atoms.